The molecule has 2 N–H and O–H groups in total. The average Bonchev–Trinajstić information content (AvgIpc) is 2.78. The highest BCUT2D eigenvalue weighted by Gasteiger charge is 2.17. The maximum absolute atomic E-state index is 12.9. The van der Waals surface area contributed by atoms with Crippen molar-refractivity contribution < 1.29 is 13.7 Å². The summed E-state index contributed by atoms with van der Waals surface area (Å²) in [5, 5.41) is 3.93. The first-order valence-corrected chi connectivity index (χ1v) is 5.53. The maximum Gasteiger partial charge on any atom is 0.259 e. The molecule has 2 rings (SSSR count). The molecular formula is C11H11ClFN3O2. The molecule has 0 spiro atoms. The van der Waals surface area contributed by atoms with E-state index in [0.29, 0.717) is 11.4 Å². The predicted octanol–water partition coefficient (Wildman–Crippen LogP) is 2.18. The van der Waals surface area contributed by atoms with Crippen molar-refractivity contribution in [3.05, 3.63) is 34.9 Å². The highest BCUT2D eigenvalue weighted by Crippen LogP contribution is 2.27. The molecule has 1 unspecified atom stereocenters. The zero-order chi connectivity index (χ0) is 13.1. The minimum atomic E-state index is -0.480. The third-order valence-corrected chi connectivity index (χ3v) is 2.59. The predicted molar refractivity (Wildman–Crippen MR) is 63.5 cm³/mol. The molecule has 0 saturated carbocycles. The summed E-state index contributed by atoms with van der Waals surface area (Å²) in [4.78, 5) is 4.10. The fraction of sp³-hybridized carbons (Fsp3) is 0.273. The summed E-state index contributed by atoms with van der Waals surface area (Å²) in [5.74, 6) is 0.0772. The Labute approximate surface area is 108 Å². The van der Waals surface area contributed by atoms with Crippen molar-refractivity contribution in [3.63, 3.8) is 0 Å². The van der Waals surface area contributed by atoms with E-state index in [1.165, 1.54) is 25.3 Å². The monoisotopic (exact) mass is 271 g/mol. The van der Waals surface area contributed by atoms with Crippen LogP contribution in [0.1, 0.15) is 11.9 Å². The van der Waals surface area contributed by atoms with Crippen LogP contribution in [0.2, 0.25) is 5.02 Å². The maximum atomic E-state index is 12.9. The quantitative estimate of drug-likeness (QED) is 0.922. The molecule has 18 heavy (non-hydrogen) atoms. The molecule has 0 fully saturated rings. The zero-order valence-electron chi connectivity index (χ0n) is 9.56. The first kappa shape index (κ1) is 12.9. The first-order valence-electron chi connectivity index (χ1n) is 5.15. The average molecular weight is 272 g/mol. The van der Waals surface area contributed by atoms with Crippen LogP contribution < -0.4 is 5.73 Å². The Bertz CT molecular complexity index is 547. The van der Waals surface area contributed by atoms with Crippen LogP contribution in [0.4, 0.5) is 4.39 Å². The van der Waals surface area contributed by atoms with E-state index in [4.69, 9.17) is 26.6 Å². The second kappa shape index (κ2) is 5.43. The van der Waals surface area contributed by atoms with Crippen molar-refractivity contribution >= 4 is 11.6 Å². The van der Waals surface area contributed by atoms with E-state index in [1.54, 1.807) is 0 Å². The summed E-state index contributed by atoms with van der Waals surface area (Å²) >= 11 is 5.89. The number of aromatic nitrogens is 2. The lowest BCUT2D eigenvalue weighted by atomic mass is 10.2. The van der Waals surface area contributed by atoms with Crippen molar-refractivity contribution in [2.75, 3.05) is 13.7 Å². The molecule has 5 nitrogen and oxygen atoms in total. The molecule has 1 aromatic heterocycles. The molecule has 0 aliphatic heterocycles. The largest absolute Gasteiger partial charge is 0.383 e. The topological polar surface area (TPSA) is 74.2 Å². The summed E-state index contributed by atoms with van der Waals surface area (Å²) in [5.41, 5.74) is 6.22. The number of hydrogen-bond acceptors (Lipinski definition) is 5. The van der Waals surface area contributed by atoms with Crippen molar-refractivity contribution in [2.24, 2.45) is 5.73 Å². The van der Waals surface area contributed by atoms with Crippen LogP contribution in [-0.2, 0) is 4.74 Å². The SMILES string of the molecule is COCC(N)c1noc(-c2ccc(F)cc2Cl)n1. The third-order valence-electron chi connectivity index (χ3n) is 2.28. The molecule has 0 aliphatic rings. The van der Waals surface area contributed by atoms with Crippen molar-refractivity contribution in [1.82, 2.24) is 10.1 Å². The van der Waals surface area contributed by atoms with Gasteiger partial charge in [-0.05, 0) is 18.2 Å². The highest BCUT2D eigenvalue weighted by molar-refractivity contribution is 6.33. The zero-order valence-corrected chi connectivity index (χ0v) is 10.3. The number of nitrogens with two attached hydrogens (primary N) is 1. The van der Waals surface area contributed by atoms with Gasteiger partial charge in [0.2, 0.25) is 0 Å². The Morgan fingerprint density at radius 1 is 1.56 bits per heavy atom. The van der Waals surface area contributed by atoms with Crippen LogP contribution in [0, 0.1) is 5.82 Å². The fourth-order valence-corrected chi connectivity index (χ4v) is 1.66. The van der Waals surface area contributed by atoms with Gasteiger partial charge in [-0.2, -0.15) is 4.98 Å². The standard InChI is InChI=1S/C11H11ClFN3O2/c1-17-5-9(14)10-15-11(18-16-10)7-3-2-6(13)4-8(7)12/h2-4,9H,5,14H2,1H3. The number of nitrogens with zero attached hydrogens (tertiary/aromatic N) is 2. The normalized spacial score (nSPS) is 12.7. The molecule has 96 valence electrons. The van der Waals surface area contributed by atoms with E-state index in [1.807, 2.05) is 0 Å². The van der Waals surface area contributed by atoms with E-state index < -0.39 is 11.9 Å². The third kappa shape index (κ3) is 2.66. The van der Waals surface area contributed by atoms with Gasteiger partial charge in [0.25, 0.3) is 5.89 Å². The number of rotatable bonds is 4. The molecule has 7 heteroatoms. The fourth-order valence-electron chi connectivity index (χ4n) is 1.41. The van der Waals surface area contributed by atoms with E-state index >= 15 is 0 Å². The molecule has 0 bridgehead atoms. The summed E-state index contributed by atoms with van der Waals surface area (Å²) in [7, 11) is 1.53. The Hall–Kier alpha value is -1.50. The van der Waals surface area contributed by atoms with Gasteiger partial charge in [0.05, 0.1) is 23.2 Å². The number of ether oxygens (including phenoxy) is 1. The molecule has 0 saturated heterocycles. The van der Waals surface area contributed by atoms with Crippen molar-refractivity contribution in [2.45, 2.75) is 6.04 Å². The van der Waals surface area contributed by atoms with Crippen molar-refractivity contribution in [3.8, 4) is 11.5 Å². The lowest BCUT2D eigenvalue weighted by Crippen LogP contribution is -2.17. The van der Waals surface area contributed by atoms with Crippen LogP contribution >= 0.6 is 11.6 Å². The Balaban J connectivity index is 2.29. The minimum Gasteiger partial charge on any atom is -0.383 e. The van der Waals surface area contributed by atoms with Crippen molar-refractivity contribution in [1.29, 1.82) is 0 Å². The Morgan fingerprint density at radius 2 is 2.33 bits per heavy atom. The summed E-state index contributed by atoms with van der Waals surface area (Å²) < 4.78 is 22.8. The summed E-state index contributed by atoms with van der Waals surface area (Å²) in [6.07, 6.45) is 0. The van der Waals surface area contributed by atoms with Gasteiger partial charge < -0.3 is 15.0 Å². The van der Waals surface area contributed by atoms with Gasteiger partial charge in [-0.15, -0.1) is 0 Å². The van der Waals surface area contributed by atoms with Gasteiger partial charge in [0.15, 0.2) is 5.82 Å². The Kier molecular flexibility index (Phi) is 3.90. The second-order valence-electron chi connectivity index (χ2n) is 3.64. The van der Waals surface area contributed by atoms with E-state index in [-0.39, 0.29) is 17.5 Å². The lowest BCUT2D eigenvalue weighted by molar-refractivity contribution is 0.177. The molecule has 2 aromatic rings. The Morgan fingerprint density at radius 3 is 3.00 bits per heavy atom. The van der Waals surface area contributed by atoms with E-state index in [0.717, 1.165) is 0 Å². The van der Waals surface area contributed by atoms with Crippen LogP contribution in [0.5, 0.6) is 0 Å². The van der Waals surface area contributed by atoms with E-state index in [9.17, 15) is 4.39 Å². The van der Waals surface area contributed by atoms with Gasteiger partial charge in [0, 0.05) is 7.11 Å². The van der Waals surface area contributed by atoms with Gasteiger partial charge in [0.1, 0.15) is 5.82 Å². The summed E-state index contributed by atoms with van der Waals surface area (Å²) in [6, 6.07) is 3.43. The number of hydrogen-bond donors (Lipinski definition) is 1. The smallest absolute Gasteiger partial charge is 0.259 e. The van der Waals surface area contributed by atoms with Gasteiger partial charge in [-0.3, -0.25) is 0 Å². The van der Waals surface area contributed by atoms with Gasteiger partial charge in [-0.25, -0.2) is 4.39 Å². The molecule has 0 radical (unpaired) electrons. The molecule has 1 atom stereocenters. The lowest BCUT2D eigenvalue weighted by Gasteiger charge is -2.03. The molecule has 0 aliphatic carbocycles. The number of methoxy groups -OCH3 is 1. The molecule has 1 aromatic carbocycles. The first-order chi connectivity index (χ1) is 8.61. The molecule has 0 amide bonds. The molecular weight excluding hydrogens is 261 g/mol. The highest BCUT2D eigenvalue weighted by atomic mass is 35.5. The van der Waals surface area contributed by atoms with Crippen LogP contribution in [0.25, 0.3) is 11.5 Å². The minimum absolute atomic E-state index is 0.196. The summed E-state index contributed by atoms with van der Waals surface area (Å²) in [6.45, 7) is 0.274. The van der Waals surface area contributed by atoms with E-state index in [2.05, 4.69) is 10.1 Å². The van der Waals surface area contributed by atoms with Crippen LogP contribution in [0.15, 0.2) is 22.7 Å². The number of benzene rings is 1. The van der Waals surface area contributed by atoms with Gasteiger partial charge in [-0.1, -0.05) is 16.8 Å². The second-order valence-corrected chi connectivity index (χ2v) is 4.05. The van der Waals surface area contributed by atoms with Crippen LogP contribution in [-0.4, -0.2) is 23.9 Å². The van der Waals surface area contributed by atoms with Gasteiger partial charge >= 0.3 is 0 Å². The number of halogens is 2. The molecule has 1 heterocycles. The van der Waals surface area contributed by atoms with Crippen LogP contribution in [0.3, 0.4) is 0 Å².